The summed E-state index contributed by atoms with van der Waals surface area (Å²) in [6.45, 7) is 3.81. The smallest absolute Gasteiger partial charge is 0.337 e. The summed E-state index contributed by atoms with van der Waals surface area (Å²) in [5, 5.41) is 38.4. The van der Waals surface area contributed by atoms with Crippen molar-refractivity contribution in [2.45, 2.75) is 83.7 Å². The van der Waals surface area contributed by atoms with E-state index in [4.69, 9.17) is 0 Å². The van der Waals surface area contributed by atoms with Crippen molar-refractivity contribution in [2.75, 3.05) is 0 Å². The van der Waals surface area contributed by atoms with Crippen LogP contribution in [0.3, 0.4) is 0 Å². The van der Waals surface area contributed by atoms with E-state index in [1.54, 1.807) is 6.92 Å². The molecule has 1 aliphatic heterocycles. The molecule has 0 spiro atoms. The van der Waals surface area contributed by atoms with Gasteiger partial charge >= 0.3 is 17.9 Å². The molecule has 188 valence electrons. The Morgan fingerprint density at radius 3 is 2.06 bits per heavy atom. The topological polar surface area (TPSA) is 160 Å². The first-order valence-electron chi connectivity index (χ1n) is 12.1. The van der Waals surface area contributed by atoms with Crippen LogP contribution in [0, 0.1) is 17.2 Å². The van der Waals surface area contributed by atoms with E-state index in [-0.39, 0.29) is 17.5 Å². The number of aliphatic imine (C=N–C) groups is 2. The monoisotopic (exact) mass is 483 g/mol. The molecule has 2 atom stereocenters. The zero-order chi connectivity index (χ0) is 26.0. The summed E-state index contributed by atoms with van der Waals surface area (Å²) in [6.07, 6.45) is 11.2. The molecule has 0 amide bonds. The van der Waals surface area contributed by atoms with Gasteiger partial charge in [0.05, 0.1) is 34.4 Å². The van der Waals surface area contributed by atoms with Crippen molar-refractivity contribution in [1.29, 1.82) is 5.26 Å². The maximum atomic E-state index is 12.2. The van der Waals surface area contributed by atoms with Gasteiger partial charge in [-0.15, -0.1) is 0 Å². The number of nitriles is 1. The minimum atomic E-state index is -1.55. The number of aromatic carboxylic acids is 3. The predicted octanol–water partition coefficient (Wildman–Crippen LogP) is 5.54. The number of unbranched alkanes of at least 4 members (excludes halogenated alkanes) is 8. The van der Waals surface area contributed by atoms with E-state index >= 15 is 0 Å². The van der Waals surface area contributed by atoms with Crippen LogP contribution in [0.4, 0.5) is 0 Å². The Bertz CT molecular complexity index is 1060. The summed E-state index contributed by atoms with van der Waals surface area (Å²) in [5.74, 6) is -5.06. The molecule has 0 aromatic heterocycles. The van der Waals surface area contributed by atoms with Crippen LogP contribution < -0.4 is 0 Å². The predicted molar refractivity (Wildman–Crippen MR) is 132 cm³/mol. The summed E-state index contributed by atoms with van der Waals surface area (Å²) in [4.78, 5) is 44.8. The number of carboxylic acids is 3. The van der Waals surface area contributed by atoms with Gasteiger partial charge in [-0.2, -0.15) is 5.26 Å². The second-order valence-corrected chi connectivity index (χ2v) is 8.90. The van der Waals surface area contributed by atoms with E-state index in [0.717, 1.165) is 37.8 Å². The second kappa shape index (κ2) is 12.8. The van der Waals surface area contributed by atoms with Gasteiger partial charge in [-0.05, 0) is 31.9 Å². The van der Waals surface area contributed by atoms with Crippen LogP contribution in [0.15, 0.2) is 22.1 Å². The third-order valence-corrected chi connectivity index (χ3v) is 6.25. The number of carbonyl (C=O) groups is 3. The molecule has 1 heterocycles. The summed E-state index contributed by atoms with van der Waals surface area (Å²) in [7, 11) is 0. The number of rotatable bonds is 15. The van der Waals surface area contributed by atoms with Crippen LogP contribution in [0.25, 0.3) is 0 Å². The first-order chi connectivity index (χ1) is 16.7. The highest BCUT2D eigenvalue weighted by molar-refractivity contribution is 6.33. The number of carboxylic acid groups (broad SMARTS) is 3. The maximum Gasteiger partial charge on any atom is 0.337 e. The third-order valence-electron chi connectivity index (χ3n) is 6.25. The molecule has 9 heteroatoms. The molecule has 2 unspecified atom stereocenters. The molecule has 0 radical (unpaired) electrons. The lowest BCUT2D eigenvalue weighted by Crippen LogP contribution is -2.26. The number of benzene rings is 1. The molecule has 0 fully saturated rings. The lowest BCUT2D eigenvalue weighted by molar-refractivity contribution is 0.0646. The average molecular weight is 484 g/mol. The molecule has 9 nitrogen and oxygen atoms in total. The molecule has 0 aliphatic carbocycles. The van der Waals surface area contributed by atoms with Gasteiger partial charge < -0.3 is 15.3 Å². The Balaban J connectivity index is 2.41. The van der Waals surface area contributed by atoms with Crippen molar-refractivity contribution in [3.05, 3.63) is 34.4 Å². The quantitative estimate of drug-likeness (QED) is 0.276. The largest absolute Gasteiger partial charge is 0.478 e. The first-order valence-corrected chi connectivity index (χ1v) is 12.1. The van der Waals surface area contributed by atoms with E-state index in [9.17, 15) is 35.0 Å². The van der Waals surface area contributed by atoms with Crippen molar-refractivity contribution in [3.63, 3.8) is 0 Å². The molecule has 2 rings (SSSR count). The fraction of sp³-hybridized carbons (Fsp3) is 0.538. The van der Waals surface area contributed by atoms with Crippen molar-refractivity contribution in [3.8, 4) is 6.07 Å². The van der Waals surface area contributed by atoms with Crippen LogP contribution in [-0.4, -0.2) is 45.2 Å². The van der Waals surface area contributed by atoms with E-state index in [0.29, 0.717) is 12.1 Å². The Morgan fingerprint density at radius 1 is 0.943 bits per heavy atom. The minimum absolute atomic E-state index is 0.0849. The number of nitrogens with zero attached hydrogens (tertiary/aromatic N) is 3. The highest BCUT2D eigenvalue weighted by Gasteiger charge is 2.40. The molecule has 3 N–H and O–H groups in total. The van der Waals surface area contributed by atoms with E-state index < -0.39 is 40.6 Å². The van der Waals surface area contributed by atoms with Gasteiger partial charge in [0.2, 0.25) is 0 Å². The van der Waals surface area contributed by atoms with E-state index in [2.05, 4.69) is 23.0 Å². The second-order valence-electron chi connectivity index (χ2n) is 8.90. The van der Waals surface area contributed by atoms with E-state index in [1.807, 2.05) is 0 Å². The lowest BCUT2D eigenvalue weighted by atomic mass is 9.86. The molecule has 1 aromatic rings. The summed E-state index contributed by atoms with van der Waals surface area (Å²) < 4.78 is 0. The molecule has 0 saturated carbocycles. The van der Waals surface area contributed by atoms with Crippen LogP contribution in [-0.2, 0) is 5.66 Å². The standard InChI is InChI=1S/C26H33N3O6/c1-3-4-5-6-7-8-9-10-11-12-26(28-16-21(29-26)17(2)15-27)20-14-18(23(30)31)13-19(24(32)33)22(20)25(34)35/h13-14,16-17H,3-12H2,1-2H3,(H,30,31)(H,32,33)(H,34,35). The Hall–Kier alpha value is -3.54. The van der Waals surface area contributed by atoms with Gasteiger partial charge in [-0.25, -0.2) is 14.4 Å². The third kappa shape index (κ3) is 6.98. The minimum Gasteiger partial charge on any atom is -0.478 e. The highest BCUT2D eigenvalue weighted by Crippen LogP contribution is 2.40. The molecule has 35 heavy (non-hydrogen) atoms. The average Bonchev–Trinajstić information content (AvgIpc) is 3.27. The molecule has 0 saturated heterocycles. The molecule has 1 aromatic carbocycles. The van der Waals surface area contributed by atoms with Gasteiger partial charge in [0.25, 0.3) is 0 Å². The fourth-order valence-corrected chi connectivity index (χ4v) is 4.27. The summed E-state index contributed by atoms with van der Waals surface area (Å²) >= 11 is 0. The van der Waals surface area contributed by atoms with Crippen LogP contribution in [0.2, 0.25) is 0 Å². The summed E-state index contributed by atoms with van der Waals surface area (Å²) in [6, 6.07) is 4.05. The Morgan fingerprint density at radius 2 is 1.54 bits per heavy atom. The maximum absolute atomic E-state index is 12.2. The van der Waals surface area contributed by atoms with Crippen molar-refractivity contribution in [2.24, 2.45) is 15.9 Å². The van der Waals surface area contributed by atoms with E-state index in [1.165, 1.54) is 31.9 Å². The van der Waals surface area contributed by atoms with Crippen molar-refractivity contribution >= 4 is 29.8 Å². The number of hydrogen-bond acceptors (Lipinski definition) is 6. The van der Waals surface area contributed by atoms with Crippen LogP contribution in [0.1, 0.15) is 115 Å². The Kier molecular flexibility index (Phi) is 10.1. The van der Waals surface area contributed by atoms with Crippen LogP contribution >= 0.6 is 0 Å². The zero-order valence-electron chi connectivity index (χ0n) is 20.3. The number of hydrogen-bond donors (Lipinski definition) is 3. The molecule has 1 aliphatic rings. The van der Waals surface area contributed by atoms with Crippen LogP contribution in [0.5, 0.6) is 0 Å². The van der Waals surface area contributed by atoms with Gasteiger partial charge in [0, 0.05) is 11.8 Å². The summed E-state index contributed by atoms with van der Waals surface area (Å²) in [5.41, 5.74) is -2.77. The SMILES string of the molecule is CCCCCCCCCCCC1(c2cc(C(=O)O)cc(C(=O)O)c2C(=O)O)N=CC(C(C)C#N)=N1. The fourth-order valence-electron chi connectivity index (χ4n) is 4.27. The molecule has 0 bridgehead atoms. The van der Waals surface area contributed by atoms with Gasteiger partial charge in [0.1, 0.15) is 0 Å². The zero-order valence-corrected chi connectivity index (χ0v) is 20.3. The molecular weight excluding hydrogens is 450 g/mol. The van der Waals surface area contributed by atoms with Gasteiger partial charge in [-0.3, -0.25) is 9.98 Å². The van der Waals surface area contributed by atoms with Gasteiger partial charge in [-0.1, -0.05) is 58.3 Å². The molecular formula is C26H33N3O6. The van der Waals surface area contributed by atoms with Crippen molar-refractivity contribution < 1.29 is 29.7 Å². The normalized spacial score (nSPS) is 17.6. The lowest BCUT2D eigenvalue weighted by Gasteiger charge is -2.27. The first kappa shape index (κ1) is 27.7. The Labute approximate surface area is 205 Å². The highest BCUT2D eigenvalue weighted by atomic mass is 16.4. The van der Waals surface area contributed by atoms with Gasteiger partial charge in [0.15, 0.2) is 5.66 Å². The van der Waals surface area contributed by atoms with Crippen molar-refractivity contribution in [1.82, 2.24) is 0 Å².